The summed E-state index contributed by atoms with van der Waals surface area (Å²) < 4.78 is 13.7. The van der Waals surface area contributed by atoms with Crippen molar-refractivity contribution in [3.63, 3.8) is 0 Å². The number of aliphatic hydroxyl groups excluding tert-OH is 2. The molecule has 0 aromatic heterocycles. The molecule has 2 saturated carbocycles. The first kappa shape index (κ1) is 35.0. The minimum atomic E-state index is -2.29. The van der Waals surface area contributed by atoms with E-state index in [0.29, 0.717) is 23.1 Å². The molecule has 2 fully saturated rings. The van der Waals surface area contributed by atoms with Crippen LogP contribution in [0.1, 0.15) is 98.9 Å². The van der Waals surface area contributed by atoms with Gasteiger partial charge in [0, 0.05) is 29.1 Å². The molecule has 1 unspecified atom stereocenters. The number of ether oxygens (including phenoxy) is 1. The number of Topliss-reactive ketones (excluding diaryl/α,β-unsaturated/α-hetero) is 1. The Hall–Kier alpha value is -1.84. The van der Waals surface area contributed by atoms with E-state index in [1.54, 1.807) is 24.3 Å². The highest BCUT2D eigenvalue weighted by Crippen LogP contribution is 2.65. The highest BCUT2D eigenvalue weighted by atomic mass is 28.4. The Balaban J connectivity index is 2.08. The van der Waals surface area contributed by atoms with Gasteiger partial charge in [-0.2, -0.15) is 0 Å². The van der Waals surface area contributed by atoms with Gasteiger partial charge in [0.1, 0.15) is 17.5 Å². The maximum atomic E-state index is 15.3. The minimum Gasteiger partial charge on any atom is -0.455 e. The topological polar surface area (TPSA) is 113 Å². The number of benzene rings is 1. The second-order valence-electron chi connectivity index (χ2n) is 14.9. The fourth-order valence-corrected chi connectivity index (χ4v) is 12.4. The van der Waals surface area contributed by atoms with Crippen LogP contribution in [-0.4, -0.2) is 65.4 Å². The number of hydrogen-bond donors (Lipinski definition) is 3. The van der Waals surface area contributed by atoms with E-state index in [4.69, 9.17) is 9.16 Å². The molecular weight excluding hydrogens is 572 g/mol. The summed E-state index contributed by atoms with van der Waals surface area (Å²) in [7, 11) is -2.29. The molecule has 9 atom stereocenters. The summed E-state index contributed by atoms with van der Waals surface area (Å²) in [6.45, 7) is 19.8. The Kier molecular flexibility index (Phi) is 9.61. The van der Waals surface area contributed by atoms with Crippen LogP contribution in [0.2, 0.25) is 18.1 Å². The Labute approximate surface area is 265 Å². The lowest BCUT2D eigenvalue weighted by molar-refractivity contribution is -0.254. The van der Waals surface area contributed by atoms with Crippen LogP contribution in [0, 0.1) is 28.1 Å². The first-order chi connectivity index (χ1) is 20.5. The van der Waals surface area contributed by atoms with Crippen molar-refractivity contribution in [2.75, 3.05) is 0 Å². The van der Waals surface area contributed by atoms with Gasteiger partial charge in [-0.05, 0) is 68.1 Å². The van der Waals surface area contributed by atoms with E-state index in [1.165, 1.54) is 0 Å². The normalized spacial score (nSPS) is 38.9. The molecule has 7 nitrogen and oxygen atoms in total. The molecule has 8 heteroatoms. The van der Waals surface area contributed by atoms with Crippen LogP contribution in [0.5, 0.6) is 0 Å². The van der Waals surface area contributed by atoms with Crippen molar-refractivity contribution >= 4 is 20.1 Å². The first-order valence-electron chi connectivity index (χ1n) is 16.7. The highest BCUT2D eigenvalue weighted by molar-refractivity contribution is 6.73. The molecule has 0 saturated heterocycles. The Morgan fingerprint density at radius 2 is 1.57 bits per heavy atom. The zero-order valence-electron chi connectivity index (χ0n) is 28.6. The highest BCUT2D eigenvalue weighted by Gasteiger charge is 2.72. The smallest absolute Gasteiger partial charge is 0.338 e. The van der Waals surface area contributed by atoms with Gasteiger partial charge in [-0.1, -0.05) is 73.6 Å². The molecule has 44 heavy (non-hydrogen) atoms. The Morgan fingerprint density at radius 3 is 2.09 bits per heavy atom. The molecule has 3 N–H and O–H groups in total. The van der Waals surface area contributed by atoms with E-state index in [9.17, 15) is 20.1 Å². The number of hydrogen-bond acceptors (Lipinski definition) is 7. The molecule has 0 amide bonds. The molecule has 3 aliphatic carbocycles. The van der Waals surface area contributed by atoms with Gasteiger partial charge < -0.3 is 24.5 Å². The van der Waals surface area contributed by atoms with E-state index in [2.05, 4.69) is 20.8 Å². The zero-order valence-corrected chi connectivity index (χ0v) is 29.6. The third-order valence-corrected chi connectivity index (χ3v) is 17.5. The van der Waals surface area contributed by atoms with Crippen LogP contribution in [0.15, 0.2) is 41.5 Å². The van der Waals surface area contributed by atoms with E-state index >= 15 is 4.79 Å². The van der Waals surface area contributed by atoms with Crippen LogP contribution in [0.4, 0.5) is 0 Å². The molecule has 0 radical (unpaired) electrons. The largest absolute Gasteiger partial charge is 0.455 e. The lowest BCUT2D eigenvalue weighted by Crippen LogP contribution is -2.74. The second kappa shape index (κ2) is 12.1. The molecule has 4 rings (SSSR count). The van der Waals surface area contributed by atoms with Crippen LogP contribution < -0.4 is 0 Å². The Bertz CT molecular complexity index is 1260. The average molecular weight is 629 g/mol. The van der Waals surface area contributed by atoms with Gasteiger partial charge >= 0.3 is 5.97 Å². The molecular formula is C36H56O7Si. The first-order valence-corrected chi connectivity index (χ1v) is 19.3. The quantitative estimate of drug-likeness (QED) is 0.172. The number of rotatable bonds is 8. The summed E-state index contributed by atoms with van der Waals surface area (Å²) in [5.74, 6) is -2.09. The molecule has 0 spiro atoms. The average Bonchev–Trinajstić information content (AvgIpc) is 3.00. The SMILES string of the molecule is CC[C@@]1(C)C2[C@H](OC(=O)c3ccccc3)[C@]3(O)C[C@H](O)C(C)=C([C@@H](C)C(=O)[C@]2(C)[C@@H](O[Si](CC)(CC)CC)C[C@H]1O)C3(C)C. The number of ketones is 1. The molecule has 246 valence electrons. The maximum Gasteiger partial charge on any atom is 0.338 e. The molecule has 2 bridgehead atoms. The summed E-state index contributed by atoms with van der Waals surface area (Å²) in [5, 5.41) is 36.6. The van der Waals surface area contributed by atoms with Crippen LogP contribution in [-0.2, 0) is 14.0 Å². The monoisotopic (exact) mass is 628 g/mol. The van der Waals surface area contributed by atoms with Gasteiger partial charge in [0.15, 0.2) is 8.32 Å². The summed E-state index contributed by atoms with van der Waals surface area (Å²) >= 11 is 0. The van der Waals surface area contributed by atoms with Crippen molar-refractivity contribution in [1.82, 2.24) is 0 Å². The molecule has 1 aromatic carbocycles. The minimum absolute atomic E-state index is 0.0513. The van der Waals surface area contributed by atoms with Crippen molar-refractivity contribution in [2.24, 2.45) is 28.1 Å². The van der Waals surface area contributed by atoms with Gasteiger partial charge in [0.25, 0.3) is 0 Å². The second-order valence-corrected chi connectivity index (χ2v) is 19.6. The van der Waals surface area contributed by atoms with Crippen LogP contribution in [0.25, 0.3) is 0 Å². The molecule has 0 aliphatic heterocycles. The van der Waals surface area contributed by atoms with E-state index in [1.807, 2.05) is 54.5 Å². The number of carbonyl (C=O) groups excluding carboxylic acids is 2. The van der Waals surface area contributed by atoms with Crippen LogP contribution in [0.3, 0.4) is 0 Å². The van der Waals surface area contributed by atoms with Crippen molar-refractivity contribution in [1.29, 1.82) is 0 Å². The number of fused-ring (bicyclic) bond motifs is 3. The van der Waals surface area contributed by atoms with E-state index < -0.39 is 72.4 Å². The van der Waals surface area contributed by atoms with Crippen molar-refractivity contribution < 1.29 is 34.1 Å². The fourth-order valence-electron chi connectivity index (χ4n) is 9.47. The van der Waals surface area contributed by atoms with Crippen molar-refractivity contribution in [3.05, 3.63) is 47.0 Å². The Morgan fingerprint density at radius 1 is 1.00 bits per heavy atom. The zero-order chi connectivity index (χ0) is 33.0. The van der Waals surface area contributed by atoms with E-state index in [0.717, 1.165) is 18.1 Å². The van der Waals surface area contributed by atoms with Gasteiger partial charge in [-0.25, -0.2) is 4.79 Å². The van der Waals surface area contributed by atoms with Gasteiger partial charge in [0.2, 0.25) is 0 Å². The number of aliphatic hydroxyl groups is 3. The third kappa shape index (κ3) is 4.98. The van der Waals surface area contributed by atoms with Crippen LogP contribution >= 0.6 is 0 Å². The summed E-state index contributed by atoms with van der Waals surface area (Å²) in [6.07, 6.45) is -3.03. The summed E-state index contributed by atoms with van der Waals surface area (Å²) in [4.78, 5) is 29.2. The summed E-state index contributed by atoms with van der Waals surface area (Å²) in [6, 6.07) is 11.3. The van der Waals surface area contributed by atoms with Crippen molar-refractivity contribution in [3.8, 4) is 0 Å². The third-order valence-electron chi connectivity index (χ3n) is 12.9. The number of carbonyl (C=O) groups is 2. The van der Waals surface area contributed by atoms with Gasteiger partial charge in [0.05, 0.1) is 29.3 Å². The molecule has 1 aromatic rings. The summed E-state index contributed by atoms with van der Waals surface area (Å²) in [5.41, 5.74) is -3.20. The number of esters is 1. The lowest BCUT2D eigenvalue weighted by Gasteiger charge is -2.66. The predicted octanol–water partition coefficient (Wildman–Crippen LogP) is 6.46. The fraction of sp³-hybridized carbons (Fsp3) is 0.722. The molecule has 0 heterocycles. The van der Waals surface area contributed by atoms with Gasteiger partial charge in [-0.15, -0.1) is 0 Å². The maximum absolute atomic E-state index is 15.3. The van der Waals surface area contributed by atoms with Gasteiger partial charge in [-0.3, -0.25) is 4.79 Å². The van der Waals surface area contributed by atoms with Crippen molar-refractivity contribution in [2.45, 2.75) is 137 Å². The standard InChI is InChI=1S/C36H56O7Si/c1-11-34(9)26(38)20-27(43-44(12-2,13-3)14-4)35(10)29(34)31(42-32(40)24-18-16-15-17-19-24)36(41)21-25(37)22(5)28(33(36,7)8)23(6)30(35)39/h15-19,23,25-27,29,31,37-38,41H,11-14,20-21H2,1-10H3/t23-,25+,26-,27+,29?,31+,34-,35-,36-/m1/s1. The molecule has 3 aliphatic rings. The predicted molar refractivity (Wildman–Crippen MR) is 175 cm³/mol. The lowest BCUT2D eigenvalue weighted by atomic mass is 9.42. The van der Waals surface area contributed by atoms with E-state index in [-0.39, 0.29) is 18.6 Å².